The van der Waals surface area contributed by atoms with Crippen molar-refractivity contribution in [1.29, 1.82) is 0 Å². The summed E-state index contributed by atoms with van der Waals surface area (Å²) in [7, 11) is -8.27. The lowest BCUT2D eigenvalue weighted by Crippen LogP contribution is -2.13. The summed E-state index contributed by atoms with van der Waals surface area (Å²) in [5.74, 6) is 0. The lowest BCUT2D eigenvalue weighted by Gasteiger charge is -2.15. The van der Waals surface area contributed by atoms with Crippen molar-refractivity contribution in [3.63, 3.8) is 0 Å². The van der Waals surface area contributed by atoms with Gasteiger partial charge in [-0.1, -0.05) is 70.0 Å². The highest BCUT2D eigenvalue weighted by Gasteiger charge is 2.30. The van der Waals surface area contributed by atoms with Gasteiger partial charge in [-0.25, -0.2) is 8.60 Å². The van der Waals surface area contributed by atoms with Crippen LogP contribution in [0.25, 0.3) is 0 Å². The molecule has 0 N–H and O–H groups in total. The highest BCUT2D eigenvalue weighted by molar-refractivity contribution is 8.03. The molecule has 0 aliphatic rings. The van der Waals surface area contributed by atoms with Gasteiger partial charge < -0.3 is 0 Å². The van der Waals surface area contributed by atoms with Gasteiger partial charge >= 0.3 is 0 Å². The Balaban J connectivity index is 2.23. The van der Waals surface area contributed by atoms with Crippen LogP contribution in [0.5, 0.6) is 0 Å². The van der Waals surface area contributed by atoms with Crippen molar-refractivity contribution in [3.05, 3.63) is 96.1 Å². The number of hydrogen-bond acceptors (Lipinski definition) is 3. The van der Waals surface area contributed by atoms with E-state index in [1.54, 1.807) is 48.5 Å². The van der Waals surface area contributed by atoms with E-state index in [0.717, 1.165) is 5.56 Å². The molecule has 0 spiro atoms. The number of aryl methyl sites for hydroxylation is 1. The Morgan fingerprint density at radius 1 is 0.741 bits per heavy atom. The van der Waals surface area contributed by atoms with E-state index in [1.165, 1.54) is 36.4 Å². The van der Waals surface area contributed by atoms with E-state index in [9.17, 15) is 12.6 Å². The zero-order chi connectivity index (χ0) is 19.5. The first-order valence-corrected chi connectivity index (χ1v) is 11.2. The maximum atomic E-state index is 15.3. The highest BCUT2D eigenvalue weighted by Crippen LogP contribution is 2.34. The van der Waals surface area contributed by atoms with Crippen LogP contribution in [0.15, 0.2) is 98.5 Å². The minimum atomic E-state index is -4.33. The van der Waals surface area contributed by atoms with Gasteiger partial charge in [0, 0.05) is 0 Å². The van der Waals surface area contributed by atoms with Crippen LogP contribution in [0.4, 0.5) is 4.39 Å². The third-order valence-electron chi connectivity index (χ3n) is 3.95. The Hall–Kier alpha value is -2.51. The Labute approximate surface area is 158 Å². The van der Waals surface area contributed by atoms with E-state index >= 15 is 4.39 Å². The summed E-state index contributed by atoms with van der Waals surface area (Å²) in [5, 5.41) is 0. The lowest BCUT2D eigenvalue weighted by molar-refractivity contribution is 0.450. The predicted octanol–water partition coefficient (Wildman–Crippen LogP) is 4.88. The summed E-state index contributed by atoms with van der Waals surface area (Å²) in [6, 6.07) is 21.4. The zero-order valence-corrected chi connectivity index (χ0v) is 16.2. The topological polar surface area (TPSA) is 63.6 Å². The summed E-state index contributed by atoms with van der Waals surface area (Å²) >= 11 is 0. The van der Waals surface area contributed by atoms with Crippen molar-refractivity contribution in [2.45, 2.75) is 22.2 Å². The third-order valence-corrected chi connectivity index (χ3v) is 8.27. The predicted molar refractivity (Wildman–Crippen MR) is 104 cm³/mol. The quantitative estimate of drug-likeness (QED) is 0.610. The van der Waals surface area contributed by atoms with Crippen LogP contribution in [-0.4, -0.2) is 12.6 Å². The van der Waals surface area contributed by atoms with Gasteiger partial charge in [0.1, 0.15) is 9.73 Å². The molecule has 27 heavy (non-hydrogen) atoms. The maximum absolute atomic E-state index is 15.3. The van der Waals surface area contributed by atoms with E-state index < -0.39 is 25.3 Å². The van der Waals surface area contributed by atoms with E-state index in [1.807, 2.05) is 6.92 Å². The molecular weight excluding hydrogens is 385 g/mol. The molecule has 0 radical (unpaired) electrons. The van der Waals surface area contributed by atoms with Gasteiger partial charge in [-0.15, -0.1) is 0 Å². The first-order chi connectivity index (χ1) is 12.8. The number of sulfonamides is 1. The van der Waals surface area contributed by atoms with Crippen LogP contribution in [0.2, 0.25) is 0 Å². The van der Waals surface area contributed by atoms with Crippen molar-refractivity contribution >= 4 is 19.8 Å². The van der Waals surface area contributed by atoms with Gasteiger partial charge in [-0.3, -0.25) is 0 Å². The standard InChI is InChI=1S/C20H18FNO3S2/c1-16-12-14-19(15-13-16)27(24,25)22-26(23,18-10-6-3-7-11-18)20(21)17-8-4-2-5-9-17/h2-15,20H,1H3. The molecular formula is C20H18FNO3S2. The summed E-state index contributed by atoms with van der Waals surface area (Å²) in [4.78, 5) is -0.103. The average Bonchev–Trinajstić information content (AvgIpc) is 2.68. The van der Waals surface area contributed by atoms with Crippen LogP contribution in [-0.2, 0) is 19.8 Å². The molecule has 0 heterocycles. The fraction of sp³-hybridized carbons (Fsp3) is 0.100. The first kappa shape index (κ1) is 19.3. The fourth-order valence-corrected chi connectivity index (χ4v) is 6.45. The second-order valence-electron chi connectivity index (χ2n) is 5.97. The molecule has 0 saturated carbocycles. The van der Waals surface area contributed by atoms with Crippen LogP contribution >= 0.6 is 0 Å². The van der Waals surface area contributed by atoms with Crippen molar-refractivity contribution in [2.24, 2.45) is 3.77 Å². The van der Waals surface area contributed by atoms with E-state index in [0.29, 0.717) is 0 Å². The van der Waals surface area contributed by atoms with Crippen molar-refractivity contribution in [1.82, 2.24) is 0 Å². The second kappa shape index (κ2) is 7.62. The Morgan fingerprint density at radius 3 is 1.81 bits per heavy atom. The molecule has 3 aromatic rings. The van der Waals surface area contributed by atoms with Crippen LogP contribution < -0.4 is 0 Å². The minimum absolute atomic E-state index is 0.0250. The molecule has 0 bridgehead atoms. The number of hydrogen-bond donors (Lipinski definition) is 0. The SMILES string of the molecule is Cc1ccc(S(=O)(=O)N=S(=O)(c2ccccc2)C(F)c2ccccc2)cc1. The summed E-state index contributed by atoms with van der Waals surface area (Å²) in [5.41, 5.74) is -1.12. The van der Waals surface area contributed by atoms with E-state index in [2.05, 4.69) is 3.77 Å². The highest BCUT2D eigenvalue weighted by atomic mass is 32.3. The average molecular weight is 404 g/mol. The van der Waals surface area contributed by atoms with Crippen LogP contribution in [0, 0.1) is 6.92 Å². The van der Waals surface area contributed by atoms with Gasteiger partial charge in [0.15, 0.2) is 0 Å². The molecule has 2 atom stereocenters. The largest absolute Gasteiger partial charge is 0.290 e. The number of rotatable bonds is 5. The van der Waals surface area contributed by atoms with Gasteiger partial charge in [0.2, 0.25) is 5.50 Å². The molecule has 0 saturated heterocycles. The van der Waals surface area contributed by atoms with Crippen molar-refractivity contribution in [2.75, 3.05) is 0 Å². The first-order valence-electron chi connectivity index (χ1n) is 8.16. The van der Waals surface area contributed by atoms with E-state index in [-0.39, 0.29) is 15.4 Å². The Kier molecular flexibility index (Phi) is 5.43. The zero-order valence-electron chi connectivity index (χ0n) is 14.5. The molecule has 0 aromatic heterocycles. The van der Waals surface area contributed by atoms with Gasteiger partial charge in [0.25, 0.3) is 10.0 Å². The summed E-state index contributed by atoms with van der Waals surface area (Å²) in [6.45, 7) is 1.81. The van der Waals surface area contributed by atoms with E-state index in [4.69, 9.17) is 0 Å². The summed E-state index contributed by atoms with van der Waals surface area (Å²) in [6.07, 6.45) is 0. The molecule has 0 aliphatic carbocycles. The molecule has 7 heteroatoms. The number of benzene rings is 3. The van der Waals surface area contributed by atoms with Gasteiger partial charge in [0.05, 0.1) is 9.79 Å². The van der Waals surface area contributed by atoms with Crippen LogP contribution in [0.3, 0.4) is 0 Å². The molecule has 4 nitrogen and oxygen atoms in total. The normalized spacial score (nSPS) is 14.9. The molecule has 0 aliphatic heterocycles. The maximum Gasteiger partial charge on any atom is 0.290 e. The molecule has 0 fully saturated rings. The molecule has 3 aromatic carbocycles. The lowest BCUT2D eigenvalue weighted by atomic mass is 10.2. The van der Waals surface area contributed by atoms with Crippen molar-refractivity contribution < 1.29 is 17.0 Å². The van der Waals surface area contributed by atoms with Crippen LogP contribution in [0.1, 0.15) is 16.6 Å². The Morgan fingerprint density at radius 2 is 1.26 bits per heavy atom. The minimum Gasteiger partial charge on any atom is -0.240 e. The molecule has 0 amide bonds. The Bertz CT molecular complexity index is 1140. The monoisotopic (exact) mass is 403 g/mol. The molecule has 3 rings (SSSR count). The number of alkyl halides is 1. The second-order valence-corrected chi connectivity index (χ2v) is 10.0. The van der Waals surface area contributed by atoms with Gasteiger partial charge in [-0.05, 0) is 36.8 Å². The number of nitrogens with zero attached hydrogens (tertiary/aromatic N) is 1. The summed E-state index contributed by atoms with van der Waals surface area (Å²) < 4.78 is 58.1. The molecule has 140 valence electrons. The smallest absolute Gasteiger partial charge is 0.240 e. The third kappa shape index (κ3) is 4.09. The van der Waals surface area contributed by atoms with Crippen molar-refractivity contribution in [3.8, 4) is 0 Å². The van der Waals surface area contributed by atoms with Gasteiger partial charge in [-0.2, -0.15) is 8.42 Å². The number of halogens is 1. The molecule has 2 unspecified atom stereocenters. The fourth-order valence-electron chi connectivity index (χ4n) is 2.50.